The summed E-state index contributed by atoms with van der Waals surface area (Å²) >= 11 is 0. The second-order valence-corrected chi connectivity index (χ2v) is 6.76. The Morgan fingerprint density at radius 1 is 1.19 bits per heavy atom. The van der Waals surface area contributed by atoms with Crippen molar-refractivity contribution in [3.63, 3.8) is 0 Å². The van der Waals surface area contributed by atoms with Gasteiger partial charge in [-0.25, -0.2) is 9.78 Å². The van der Waals surface area contributed by atoms with Gasteiger partial charge in [0, 0.05) is 37.7 Å². The first kappa shape index (κ1) is 17.7. The van der Waals surface area contributed by atoms with E-state index in [0.29, 0.717) is 30.7 Å². The highest BCUT2D eigenvalue weighted by Crippen LogP contribution is 2.32. The average Bonchev–Trinajstić information content (AvgIpc) is 3.10. The number of hydrogen-bond donors (Lipinski definition) is 2. The Hall–Kier alpha value is -2.71. The molecule has 2 N–H and O–H groups in total. The summed E-state index contributed by atoms with van der Waals surface area (Å²) in [5.74, 6) is -0.234. The Kier molecular flexibility index (Phi) is 4.67. The van der Waals surface area contributed by atoms with Crippen molar-refractivity contribution in [2.24, 2.45) is 0 Å². The zero-order valence-electron chi connectivity index (χ0n) is 15.1. The van der Waals surface area contributed by atoms with E-state index >= 15 is 0 Å². The molecular weight excluding hydrogens is 348 g/mol. The predicted molar refractivity (Wildman–Crippen MR) is 99.5 cm³/mol. The average molecular weight is 370 g/mol. The molecule has 0 bridgehead atoms. The van der Waals surface area contributed by atoms with Gasteiger partial charge in [0.1, 0.15) is 5.82 Å². The van der Waals surface area contributed by atoms with Crippen molar-refractivity contribution in [2.75, 3.05) is 36.5 Å². The lowest BCUT2D eigenvalue weighted by Gasteiger charge is -2.37. The van der Waals surface area contributed by atoms with E-state index in [1.54, 1.807) is 30.3 Å². The Bertz CT molecular complexity index is 841. The van der Waals surface area contributed by atoms with Crippen LogP contribution in [0.3, 0.4) is 0 Å². The number of piperidine rings is 1. The van der Waals surface area contributed by atoms with E-state index in [1.807, 2.05) is 6.92 Å². The molecule has 4 rings (SSSR count). The van der Waals surface area contributed by atoms with Crippen LogP contribution >= 0.6 is 0 Å². The number of anilines is 3. The van der Waals surface area contributed by atoms with Crippen molar-refractivity contribution in [1.82, 2.24) is 9.97 Å². The van der Waals surface area contributed by atoms with Crippen LogP contribution in [0.15, 0.2) is 30.3 Å². The molecule has 2 saturated heterocycles. The van der Waals surface area contributed by atoms with Gasteiger partial charge in [-0.05, 0) is 19.1 Å². The quantitative estimate of drug-likeness (QED) is 0.848. The van der Waals surface area contributed by atoms with Gasteiger partial charge in [-0.15, -0.1) is 0 Å². The second kappa shape index (κ2) is 7.13. The van der Waals surface area contributed by atoms with Crippen LogP contribution in [0.4, 0.5) is 17.5 Å². The fraction of sp³-hybridized carbons (Fsp3) is 0.421. The monoisotopic (exact) mass is 370 g/mol. The number of nitrogens with zero attached hydrogens (tertiary/aromatic N) is 3. The maximum absolute atomic E-state index is 11.4. The molecule has 0 atom stereocenters. The van der Waals surface area contributed by atoms with Crippen LogP contribution in [-0.4, -0.2) is 53.1 Å². The molecule has 0 aliphatic carbocycles. The first-order valence-electron chi connectivity index (χ1n) is 9.03. The molecule has 0 saturated carbocycles. The SMILES string of the molecule is Cc1cc(Nc2ccccc2C(=O)O)nc(N2CCC3(CC2)OCCO3)n1. The Labute approximate surface area is 157 Å². The van der Waals surface area contributed by atoms with Crippen LogP contribution in [0.1, 0.15) is 28.9 Å². The van der Waals surface area contributed by atoms with E-state index in [0.717, 1.165) is 31.6 Å². The molecule has 142 valence electrons. The Morgan fingerprint density at radius 2 is 1.89 bits per heavy atom. The summed E-state index contributed by atoms with van der Waals surface area (Å²) in [6.45, 7) is 4.69. The number of aromatic nitrogens is 2. The van der Waals surface area contributed by atoms with Crippen molar-refractivity contribution in [2.45, 2.75) is 25.6 Å². The molecule has 0 radical (unpaired) electrons. The summed E-state index contributed by atoms with van der Waals surface area (Å²) in [5, 5.41) is 12.5. The van der Waals surface area contributed by atoms with Gasteiger partial charge < -0.3 is 24.8 Å². The summed E-state index contributed by atoms with van der Waals surface area (Å²) < 4.78 is 11.5. The van der Waals surface area contributed by atoms with Gasteiger partial charge in [0.25, 0.3) is 0 Å². The molecule has 1 aromatic heterocycles. The molecule has 0 amide bonds. The van der Waals surface area contributed by atoms with Crippen molar-refractivity contribution in [1.29, 1.82) is 0 Å². The van der Waals surface area contributed by atoms with Crippen LogP contribution < -0.4 is 10.2 Å². The van der Waals surface area contributed by atoms with Crippen molar-refractivity contribution in [3.8, 4) is 0 Å². The molecule has 1 aromatic carbocycles. The maximum atomic E-state index is 11.4. The summed E-state index contributed by atoms with van der Waals surface area (Å²) in [5.41, 5.74) is 1.51. The number of aromatic carboxylic acids is 1. The van der Waals surface area contributed by atoms with Crippen LogP contribution in [-0.2, 0) is 9.47 Å². The zero-order valence-corrected chi connectivity index (χ0v) is 15.1. The third-order valence-corrected chi connectivity index (χ3v) is 4.88. The minimum Gasteiger partial charge on any atom is -0.478 e. The molecule has 8 nitrogen and oxygen atoms in total. The Balaban J connectivity index is 1.53. The standard InChI is InChI=1S/C19H22N4O4/c1-13-12-16(21-15-5-3-2-4-14(15)17(24)25)22-18(20-13)23-8-6-19(7-9-23)26-10-11-27-19/h2-5,12H,6-11H2,1H3,(H,24,25)(H,20,21,22). The van der Waals surface area contributed by atoms with E-state index in [9.17, 15) is 9.90 Å². The lowest BCUT2D eigenvalue weighted by atomic mass is 10.0. The molecular formula is C19H22N4O4. The number of hydrogen-bond acceptors (Lipinski definition) is 7. The Morgan fingerprint density at radius 3 is 2.59 bits per heavy atom. The molecule has 3 heterocycles. The number of benzene rings is 1. The number of ether oxygens (including phenoxy) is 2. The first-order chi connectivity index (χ1) is 13.0. The molecule has 2 aliphatic rings. The van der Waals surface area contributed by atoms with Crippen molar-refractivity contribution < 1.29 is 19.4 Å². The number of nitrogens with one attached hydrogen (secondary N) is 1. The van der Waals surface area contributed by atoms with E-state index in [1.165, 1.54) is 0 Å². The molecule has 1 spiro atoms. The number of carboxylic acid groups (broad SMARTS) is 1. The van der Waals surface area contributed by atoms with Crippen LogP contribution in [0.5, 0.6) is 0 Å². The van der Waals surface area contributed by atoms with E-state index < -0.39 is 11.8 Å². The van der Waals surface area contributed by atoms with Gasteiger partial charge in [0.05, 0.1) is 24.5 Å². The second-order valence-electron chi connectivity index (χ2n) is 6.76. The largest absolute Gasteiger partial charge is 0.478 e. The molecule has 2 fully saturated rings. The van der Waals surface area contributed by atoms with Gasteiger partial charge in [0.2, 0.25) is 5.95 Å². The molecule has 27 heavy (non-hydrogen) atoms. The molecule has 2 aromatic rings. The van der Waals surface area contributed by atoms with Gasteiger partial charge in [-0.1, -0.05) is 12.1 Å². The summed E-state index contributed by atoms with van der Waals surface area (Å²) in [6.07, 6.45) is 1.55. The predicted octanol–water partition coefficient (Wildman–Crippen LogP) is 2.57. The lowest BCUT2D eigenvalue weighted by molar-refractivity contribution is -0.169. The maximum Gasteiger partial charge on any atom is 0.337 e. The third-order valence-electron chi connectivity index (χ3n) is 4.88. The summed E-state index contributed by atoms with van der Waals surface area (Å²) in [4.78, 5) is 22.7. The summed E-state index contributed by atoms with van der Waals surface area (Å²) in [7, 11) is 0. The molecule has 0 unspecified atom stereocenters. The first-order valence-corrected chi connectivity index (χ1v) is 9.03. The fourth-order valence-corrected chi connectivity index (χ4v) is 3.51. The minimum atomic E-state index is -0.984. The third kappa shape index (κ3) is 3.72. The van der Waals surface area contributed by atoms with Gasteiger partial charge in [-0.2, -0.15) is 4.98 Å². The molecule has 8 heteroatoms. The van der Waals surface area contributed by atoms with E-state index in [4.69, 9.17) is 9.47 Å². The van der Waals surface area contributed by atoms with Gasteiger partial charge in [0.15, 0.2) is 5.79 Å². The number of carboxylic acids is 1. The topological polar surface area (TPSA) is 96.8 Å². The normalized spacial score (nSPS) is 18.6. The highest BCUT2D eigenvalue weighted by molar-refractivity contribution is 5.95. The summed E-state index contributed by atoms with van der Waals surface area (Å²) in [6, 6.07) is 8.57. The fourth-order valence-electron chi connectivity index (χ4n) is 3.51. The number of rotatable bonds is 4. The van der Waals surface area contributed by atoms with Gasteiger partial charge >= 0.3 is 5.97 Å². The van der Waals surface area contributed by atoms with Crippen molar-refractivity contribution in [3.05, 3.63) is 41.6 Å². The van der Waals surface area contributed by atoms with E-state index in [-0.39, 0.29) is 5.56 Å². The van der Waals surface area contributed by atoms with E-state index in [2.05, 4.69) is 20.2 Å². The number of aryl methyl sites for hydroxylation is 1. The highest BCUT2D eigenvalue weighted by atomic mass is 16.7. The molecule has 2 aliphatic heterocycles. The van der Waals surface area contributed by atoms with Crippen LogP contribution in [0.25, 0.3) is 0 Å². The zero-order chi connectivity index (χ0) is 18.9. The van der Waals surface area contributed by atoms with Crippen LogP contribution in [0, 0.1) is 6.92 Å². The lowest BCUT2D eigenvalue weighted by Crippen LogP contribution is -2.45. The smallest absolute Gasteiger partial charge is 0.337 e. The van der Waals surface area contributed by atoms with Gasteiger partial charge in [-0.3, -0.25) is 0 Å². The van der Waals surface area contributed by atoms with Crippen molar-refractivity contribution >= 4 is 23.4 Å². The number of para-hydroxylation sites is 1. The van der Waals surface area contributed by atoms with Crippen LogP contribution in [0.2, 0.25) is 0 Å². The number of carbonyl (C=O) groups is 1. The highest BCUT2D eigenvalue weighted by Gasteiger charge is 2.40. The minimum absolute atomic E-state index is 0.200.